The Morgan fingerprint density at radius 1 is 1.10 bits per heavy atom. The molecule has 1 aromatic heterocycles. The maximum absolute atomic E-state index is 13.0. The summed E-state index contributed by atoms with van der Waals surface area (Å²) in [4.78, 5) is 29.7. The highest BCUT2D eigenvalue weighted by atomic mass is 16.5. The number of morpholine rings is 1. The molecule has 2 aliphatic rings. The molecule has 2 aliphatic heterocycles. The Labute approximate surface area is 176 Å². The quantitative estimate of drug-likeness (QED) is 0.697. The number of carbonyl (C=O) groups excluding carboxylic acids is 2. The van der Waals surface area contributed by atoms with Crippen molar-refractivity contribution < 1.29 is 14.3 Å². The van der Waals surface area contributed by atoms with Gasteiger partial charge < -0.3 is 15.0 Å². The second kappa shape index (κ2) is 9.86. The molecule has 0 saturated carbocycles. The van der Waals surface area contributed by atoms with Gasteiger partial charge in [-0.2, -0.15) is 5.10 Å². The summed E-state index contributed by atoms with van der Waals surface area (Å²) in [6.07, 6.45) is 1.69. The van der Waals surface area contributed by atoms with Crippen molar-refractivity contribution in [3.05, 3.63) is 53.3 Å². The Bertz CT molecular complexity index is 861. The number of hydrogen-bond donors (Lipinski definition) is 1. The number of benzene rings is 1. The molecule has 1 fully saturated rings. The zero-order valence-corrected chi connectivity index (χ0v) is 17.3. The van der Waals surface area contributed by atoms with E-state index in [0.29, 0.717) is 37.6 Å². The number of fused-ring (bicyclic) bond motifs is 1. The minimum atomic E-state index is -0.222. The van der Waals surface area contributed by atoms with Crippen LogP contribution in [0, 0.1) is 0 Å². The average molecular weight is 412 g/mol. The van der Waals surface area contributed by atoms with Gasteiger partial charge in [0.2, 0.25) is 0 Å². The first-order chi connectivity index (χ1) is 14.7. The van der Waals surface area contributed by atoms with Gasteiger partial charge in [-0.1, -0.05) is 30.3 Å². The van der Waals surface area contributed by atoms with Gasteiger partial charge in [-0.25, -0.2) is 0 Å². The molecular formula is C22H29N5O3. The molecule has 0 aliphatic carbocycles. The number of nitrogens with zero attached hydrogens (tertiary/aromatic N) is 4. The molecule has 8 nitrogen and oxygen atoms in total. The smallest absolute Gasteiger partial charge is 0.272 e. The summed E-state index contributed by atoms with van der Waals surface area (Å²) in [6.45, 7) is 6.86. The van der Waals surface area contributed by atoms with Crippen LogP contribution in [0.15, 0.2) is 36.4 Å². The predicted octanol–water partition coefficient (Wildman–Crippen LogP) is 1.38. The van der Waals surface area contributed by atoms with Gasteiger partial charge in [0.25, 0.3) is 11.8 Å². The van der Waals surface area contributed by atoms with Gasteiger partial charge in [-0.3, -0.25) is 19.2 Å². The Hall–Kier alpha value is -2.71. The lowest BCUT2D eigenvalue weighted by molar-refractivity contribution is 0.0374. The van der Waals surface area contributed by atoms with Crippen LogP contribution in [0.3, 0.4) is 0 Å². The van der Waals surface area contributed by atoms with E-state index in [2.05, 4.69) is 15.3 Å². The van der Waals surface area contributed by atoms with Crippen molar-refractivity contribution in [2.75, 3.05) is 45.9 Å². The standard InChI is InChI=1S/C22H29N5O3/c28-21(23-8-4-9-25-12-14-30-15-13-25)19-16-20-22(29)26(10-5-11-27(20)24-19)17-18-6-2-1-3-7-18/h1-3,6-7,16H,4-5,8-15,17H2,(H,23,28). The maximum atomic E-state index is 13.0. The highest BCUT2D eigenvalue weighted by Crippen LogP contribution is 2.16. The van der Waals surface area contributed by atoms with E-state index in [4.69, 9.17) is 4.74 Å². The first-order valence-electron chi connectivity index (χ1n) is 10.7. The Balaban J connectivity index is 1.33. The van der Waals surface area contributed by atoms with E-state index in [0.717, 1.165) is 51.3 Å². The molecule has 0 unspecified atom stereocenters. The summed E-state index contributed by atoms with van der Waals surface area (Å²) < 4.78 is 7.02. The fourth-order valence-corrected chi connectivity index (χ4v) is 3.92. The molecule has 0 atom stereocenters. The molecule has 1 saturated heterocycles. The number of aromatic nitrogens is 2. The zero-order chi connectivity index (χ0) is 20.8. The van der Waals surface area contributed by atoms with E-state index < -0.39 is 0 Å². The number of nitrogens with one attached hydrogen (secondary N) is 1. The first kappa shape index (κ1) is 20.6. The van der Waals surface area contributed by atoms with E-state index in [1.54, 1.807) is 10.7 Å². The van der Waals surface area contributed by atoms with E-state index >= 15 is 0 Å². The second-order valence-electron chi connectivity index (χ2n) is 7.77. The van der Waals surface area contributed by atoms with Crippen molar-refractivity contribution in [3.63, 3.8) is 0 Å². The summed E-state index contributed by atoms with van der Waals surface area (Å²) >= 11 is 0. The molecule has 0 spiro atoms. The van der Waals surface area contributed by atoms with Gasteiger partial charge in [0.15, 0.2) is 5.69 Å². The Morgan fingerprint density at radius 3 is 2.70 bits per heavy atom. The highest BCUT2D eigenvalue weighted by Gasteiger charge is 2.26. The van der Waals surface area contributed by atoms with E-state index in [1.165, 1.54) is 0 Å². The molecule has 30 heavy (non-hydrogen) atoms. The predicted molar refractivity (Wildman–Crippen MR) is 112 cm³/mol. The maximum Gasteiger partial charge on any atom is 0.272 e. The van der Waals surface area contributed by atoms with Crippen LogP contribution in [0.2, 0.25) is 0 Å². The molecule has 4 rings (SSSR count). The second-order valence-corrected chi connectivity index (χ2v) is 7.77. The zero-order valence-electron chi connectivity index (χ0n) is 17.3. The molecule has 8 heteroatoms. The van der Waals surface area contributed by atoms with E-state index in [9.17, 15) is 9.59 Å². The van der Waals surface area contributed by atoms with Gasteiger partial charge in [0.05, 0.1) is 13.2 Å². The summed E-state index contributed by atoms with van der Waals surface area (Å²) in [5, 5.41) is 7.33. The summed E-state index contributed by atoms with van der Waals surface area (Å²) in [5.41, 5.74) is 1.89. The number of aryl methyl sites for hydroxylation is 1. The van der Waals surface area contributed by atoms with Gasteiger partial charge in [0.1, 0.15) is 5.69 Å². The lowest BCUT2D eigenvalue weighted by Gasteiger charge is -2.26. The van der Waals surface area contributed by atoms with Crippen LogP contribution >= 0.6 is 0 Å². The lowest BCUT2D eigenvalue weighted by atomic mass is 10.2. The summed E-state index contributed by atoms with van der Waals surface area (Å²) in [7, 11) is 0. The van der Waals surface area contributed by atoms with Crippen LogP contribution < -0.4 is 5.32 Å². The Kier molecular flexibility index (Phi) is 6.76. The van der Waals surface area contributed by atoms with E-state index in [-0.39, 0.29) is 11.8 Å². The van der Waals surface area contributed by atoms with Gasteiger partial charge in [-0.15, -0.1) is 0 Å². The number of ether oxygens (including phenoxy) is 1. The third-order valence-electron chi connectivity index (χ3n) is 5.57. The average Bonchev–Trinajstić information content (AvgIpc) is 3.15. The van der Waals surface area contributed by atoms with Crippen molar-refractivity contribution >= 4 is 11.8 Å². The molecule has 3 heterocycles. The number of carbonyl (C=O) groups is 2. The van der Waals surface area contributed by atoms with Crippen molar-refractivity contribution in [3.8, 4) is 0 Å². The van der Waals surface area contributed by atoms with Gasteiger partial charge in [0, 0.05) is 45.3 Å². The molecule has 1 aromatic carbocycles. The molecule has 2 aromatic rings. The van der Waals surface area contributed by atoms with Gasteiger partial charge >= 0.3 is 0 Å². The molecule has 0 radical (unpaired) electrons. The van der Waals surface area contributed by atoms with Crippen LogP contribution in [0.1, 0.15) is 39.4 Å². The van der Waals surface area contributed by atoms with Crippen LogP contribution in [0.5, 0.6) is 0 Å². The normalized spacial score (nSPS) is 17.5. The van der Waals surface area contributed by atoms with Crippen molar-refractivity contribution in [2.45, 2.75) is 25.9 Å². The summed E-state index contributed by atoms with van der Waals surface area (Å²) in [5.74, 6) is -0.296. The number of amides is 2. The monoisotopic (exact) mass is 411 g/mol. The number of hydrogen-bond acceptors (Lipinski definition) is 5. The number of rotatable bonds is 7. The minimum Gasteiger partial charge on any atom is -0.379 e. The van der Waals surface area contributed by atoms with Crippen LogP contribution in [0.25, 0.3) is 0 Å². The van der Waals surface area contributed by atoms with Gasteiger partial charge in [-0.05, 0) is 24.9 Å². The van der Waals surface area contributed by atoms with Crippen molar-refractivity contribution in [1.82, 2.24) is 24.9 Å². The molecule has 2 amide bonds. The fraction of sp³-hybridized carbons (Fsp3) is 0.500. The summed E-state index contributed by atoms with van der Waals surface area (Å²) in [6, 6.07) is 11.6. The molecule has 0 bridgehead atoms. The van der Waals surface area contributed by atoms with Crippen LogP contribution in [0.4, 0.5) is 0 Å². The SMILES string of the molecule is O=C(NCCCN1CCOCC1)c1cc2n(n1)CCCN(Cc1ccccc1)C2=O. The third kappa shape index (κ3) is 5.06. The lowest BCUT2D eigenvalue weighted by Crippen LogP contribution is -2.38. The first-order valence-corrected chi connectivity index (χ1v) is 10.7. The van der Waals surface area contributed by atoms with E-state index in [1.807, 2.05) is 35.2 Å². The van der Waals surface area contributed by atoms with Crippen molar-refractivity contribution in [1.29, 1.82) is 0 Å². The Morgan fingerprint density at radius 2 is 1.90 bits per heavy atom. The molecule has 160 valence electrons. The van der Waals surface area contributed by atoms with Crippen LogP contribution in [-0.4, -0.2) is 77.3 Å². The topological polar surface area (TPSA) is 79.7 Å². The fourth-order valence-electron chi connectivity index (χ4n) is 3.92. The van der Waals surface area contributed by atoms with Crippen molar-refractivity contribution in [2.24, 2.45) is 0 Å². The van der Waals surface area contributed by atoms with Crippen LogP contribution in [-0.2, 0) is 17.8 Å². The molecule has 1 N–H and O–H groups in total. The largest absolute Gasteiger partial charge is 0.379 e. The molecular weight excluding hydrogens is 382 g/mol. The highest BCUT2D eigenvalue weighted by molar-refractivity contribution is 5.98. The minimum absolute atomic E-state index is 0.0739. The third-order valence-corrected chi connectivity index (χ3v) is 5.57.